The van der Waals surface area contributed by atoms with Gasteiger partial charge in [0.2, 0.25) is 11.9 Å². The second kappa shape index (κ2) is 9.72. The number of hydrogen-bond donors (Lipinski definition) is 0. The fraction of sp³-hybridized carbons (Fsp3) is 0.222. The van der Waals surface area contributed by atoms with Gasteiger partial charge in [0, 0.05) is 6.54 Å². The van der Waals surface area contributed by atoms with Crippen molar-refractivity contribution in [3.8, 4) is 0 Å². The van der Waals surface area contributed by atoms with Crippen LogP contribution in [-0.2, 0) is 20.7 Å². The fourth-order valence-corrected chi connectivity index (χ4v) is 4.95. The summed E-state index contributed by atoms with van der Waals surface area (Å²) < 4.78 is 7.34. The molecule has 1 amide bonds. The van der Waals surface area contributed by atoms with E-state index in [1.54, 1.807) is 30.0 Å². The number of esters is 1. The van der Waals surface area contributed by atoms with Gasteiger partial charge in [-0.1, -0.05) is 71.7 Å². The van der Waals surface area contributed by atoms with E-state index >= 15 is 0 Å². The lowest BCUT2D eigenvalue weighted by atomic mass is 9.89. The molecule has 35 heavy (non-hydrogen) atoms. The lowest BCUT2D eigenvalue weighted by Gasteiger charge is -2.38. The molecule has 1 aromatic heterocycles. The number of para-hydroxylation sites is 2. The first-order valence-electron chi connectivity index (χ1n) is 11.4. The molecule has 5 rings (SSSR count). The molecule has 3 aromatic carbocycles. The Morgan fingerprint density at radius 1 is 1.00 bits per heavy atom. The largest absolute Gasteiger partial charge is 0.465 e. The highest BCUT2D eigenvalue weighted by molar-refractivity contribution is 6.42. The van der Waals surface area contributed by atoms with Gasteiger partial charge in [0.05, 0.1) is 33.7 Å². The molecule has 178 valence electrons. The highest BCUT2D eigenvalue weighted by Crippen LogP contribution is 2.42. The molecule has 0 spiro atoms. The van der Waals surface area contributed by atoms with Gasteiger partial charge in [-0.05, 0) is 48.7 Å². The normalized spacial score (nSPS) is 17.5. The molecule has 0 saturated heterocycles. The van der Waals surface area contributed by atoms with Crippen LogP contribution in [0.1, 0.15) is 24.1 Å². The van der Waals surface area contributed by atoms with Gasteiger partial charge in [0.1, 0.15) is 0 Å². The minimum absolute atomic E-state index is 0.165. The lowest BCUT2D eigenvalue weighted by molar-refractivity contribution is -0.153. The van der Waals surface area contributed by atoms with Gasteiger partial charge >= 0.3 is 5.97 Å². The molecule has 4 aromatic rings. The minimum atomic E-state index is -1.10. The molecule has 8 heteroatoms. The zero-order valence-corrected chi connectivity index (χ0v) is 20.5. The summed E-state index contributed by atoms with van der Waals surface area (Å²) in [6.45, 7) is 2.26. The summed E-state index contributed by atoms with van der Waals surface area (Å²) in [7, 11) is 0. The van der Waals surface area contributed by atoms with Crippen LogP contribution in [0.4, 0.5) is 5.95 Å². The summed E-state index contributed by atoms with van der Waals surface area (Å²) in [4.78, 5) is 33.6. The second-order valence-corrected chi connectivity index (χ2v) is 9.16. The number of imidazole rings is 1. The summed E-state index contributed by atoms with van der Waals surface area (Å²) in [6.07, 6.45) is 0.614. The van der Waals surface area contributed by atoms with Crippen molar-refractivity contribution in [3.05, 3.63) is 94.0 Å². The number of amides is 1. The van der Waals surface area contributed by atoms with E-state index in [0.29, 0.717) is 34.5 Å². The topological polar surface area (TPSA) is 64.4 Å². The minimum Gasteiger partial charge on any atom is -0.465 e. The van der Waals surface area contributed by atoms with Gasteiger partial charge in [-0.2, -0.15) is 0 Å². The molecule has 0 N–H and O–H groups in total. The molecular weight excluding hydrogens is 485 g/mol. The molecule has 1 aliphatic rings. The molecule has 0 radical (unpaired) electrons. The van der Waals surface area contributed by atoms with E-state index in [1.165, 1.54) is 0 Å². The van der Waals surface area contributed by atoms with E-state index in [4.69, 9.17) is 32.9 Å². The van der Waals surface area contributed by atoms with E-state index in [0.717, 1.165) is 16.6 Å². The zero-order valence-electron chi connectivity index (χ0n) is 19.0. The SMILES string of the molecule is CCOC(=O)[C@@H]1C(=O)N(CCc2ccccc2)c2nc3ccccc3n2[C@@H]1c1ccc(Cl)c(Cl)c1. The molecule has 2 atom stereocenters. The van der Waals surface area contributed by atoms with Crippen LogP contribution in [0.5, 0.6) is 0 Å². The van der Waals surface area contributed by atoms with Crippen molar-refractivity contribution in [2.45, 2.75) is 19.4 Å². The monoisotopic (exact) mass is 507 g/mol. The van der Waals surface area contributed by atoms with Crippen molar-refractivity contribution in [3.63, 3.8) is 0 Å². The number of anilines is 1. The summed E-state index contributed by atoms with van der Waals surface area (Å²) in [6, 6.07) is 22.0. The first kappa shape index (κ1) is 23.4. The number of nitrogens with zero attached hydrogens (tertiary/aromatic N) is 3. The van der Waals surface area contributed by atoms with Gasteiger partial charge in [-0.25, -0.2) is 4.98 Å². The average molecular weight is 508 g/mol. The van der Waals surface area contributed by atoms with E-state index in [2.05, 4.69) is 0 Å². The summed E-state index contributed by atoms with van der Waals surface area (Å²) in [5.41, 5.74) is 3.31. The van der Waals surface area contributed by atoms with Crippen LogP contribution in [0.15, 0.2) is 72.8 Å². The number of halogens is 2. The predicted molar refractivity (Wildman–Crippen MR) is 137 cm³/mol. The Morgan fingerprint density at radius 2 is 1.74 bits per heavy atom. The predicted octanol–water partition coefficient (Wildman–Crippen LogP) is 5.70. The van der Waals surface area contributed by atoms with Gasteiger partial charge in [0.15, 0.2) is 5.92 Å². The van der Waals surface area contributed by atoms with Gasteiger partial charge < -0.3 is 9.30 Å². The summed E-state index contributed by atoms with van der Waals surface area (Å²) in [5.74, 6) is -1.54. The van der Waals surface area contributed by atoms with Crippen LogP contribution >= 0.6 is 23.2 Å². The quantitative estimate of drug-likeness (QED) is 0.248. The van der Waals surface area contributed by atoms with Crippen molar-refractivity contribution in [1.82, 2.24) is 9.55 Å². The number of aromatic nitrogens is 2. The highest BCUT2D eigenvalue weighted by atomic mass is 35.5. The van der Waals surface area contributed by atoms with E-state index in [-0.39, 0.29) is 12.5 Å². The van der Waals surface area contributed by atoms with Crippen LogP contribution in [0, 0.1) is 5.92 Å². The highest BCUT2D eigenvalue weighted by Gasteiger charge is 2.47. The van der Waals surface area contributed by atoms with E-state index < -0.39 is 17.9 Å². The Labute approximate surface area is 213 Å². The molecule has 2 heterocycles. The average Bonchev–Trinajstić information content (AvgIpc) is 3.24. The number of rotatable bonds is 6. The Kier molecular flexibility index (Phi) is 6.50. The van der Waals surface area contributed by atoms with E-state index in [9.17, 15) is 9.59 Å². The van der Waals surface area contributed by atoms with Crippen molar-refractivity contribution in [1.29, 1.82) is 0 Å². The maximum Gasteiger partial charge on any atom is 0.321 e. The van der Waals surface area contributed by atoms with Crippen LogP contribution < -0.4 is 4.90 Å². The van der Waals surface area contributed by atoms with Crippen molar-refractivity contribution in [2.24, 2.45) is 5.92 Å². The number of ether oxygens (including phenoxy) is 1. The molecule has 0 unspecified atom stereocenters. The second-order valence-electron chi connectivity index (χ2n) is 8.34. The molecule has 0 bridgehead atoms. The molecule has 1 aliphatic heterocycles. The smallest absolute Gasteiger partial charge is 0.321 e. The Hall–Kier alpha value is -3.35. The third-order valence-corrected chi connectivity index (χ3v) is 6.98. The molecule has 0 saturated carbocycles. The number of hydrogen-bond acceptors (Lipinski definition) is 4. The Bertz CT molecular complexity index is 1400. The first-order valence-corrected chi connectivity index (χ1v) is 12.2. The Morgan fingerprint density at radius 3 is 2.49 bits per heavy atom. The lowest BCUT2D eigenvalue weighted by Crippen LogP contribution is -2.50. The van der Waals surface area contributed by atoms with Crippen LogP contribution in [0.25, 0.3) is 11.0 Å². The maximum absolute atomic E-state index is 14.0. The van der Waals surface area contributed by atoms with Crippen molar-refractivity contribution < 1.29 is 14.3 Å². The molecular formula is C27H23Cl2N3O3. The van der Waals surface area contributed by atoms with Gasteiger partial charge in [0.25, 0.3) is 0 Å². The van der Waals surface area contributed by atoms with E-state index in [1.807, 2.05) is 59.2 Å². The van der Waals surface area contributed by atoms with Crippen LogP contribution in [-0.4, -0.2) is 34.6 Å². The summed E-state index contributed by atoms with van der Waals surface area (Å²) in [5, 5.41) is 0.738. The molecule has 6 nitrogen and oxygen atoms in total. The fourth-order valence-electron chi connectivity index (χ4n) is 4.64. The standard InChI is InChI=1S/C27H23Cl2N3O3/c1-2-35-26(34)23-24(18-12-13-19(28)20(29)16-18)32-22-11-7-6-10-21(22)30-27(32)31(25(23)33)15-14-17-8-4-3-5-9-17/h3-13,16,23-24H,2,14-15H2,1H3/t23-,24+/m0/s1. The zero-order chi connectivity index (χ0) is 24.5. The summed E-state index contributed by atoms with van der Waals surface area (Å²) >= 11 is 12.5. The third kappa shape index (κ3) is 4.28. The maximum atomic E-state index is 14.0. The molecule has 0 aliphatic carbocycles. The van der Waals surface area contributed by atoms with Crippen LogP contribution in [0.3, 0.4) is 0 Å². The Balaban J connectivity index is 1.69. The number of carbonyl (C=O) groups excluding carboxylic acids is 2. The number of fused-ring (bicyclic) bond motifs is 3. The molecule has 0 fully saturated rings. The number of carbonyl (C=O) groups is 2. The van der Waals surface area contributed by atoms with Gasteiger partial charge in [-0.3, -0.25) is 14.5 Å². The first-order chi connectivity index (χ1) is 17.0. The third-order valence-electron chi connectivity index (χ3n) is 6.24. The van der Waals surface area contributed by atoms with Crippen molar-refractivity contribution in [2.75, 3.05) is 18.1 Å². The number of benzene rings is 3. The van der Waals surface area contributed by atoms with Crippen molar-refractivity contribution >= 4 is 52.1 Å². The van der Waals surface area contributed by atoms with Crippen LogP contribution in [0.2, 0.25) is 10.0 Å². The van der Waals surface area contributed by atoms with Gasteiger partial charge in [-0.15, -0.1) is 0 Å².